The molecule has 2 aliphatic heterocycles. The Balaban J connectivity index is 1.33. The number of amides is 2. The lowest BCUT2D eigenvalue weighted by atomic mass is 9.90. The minimum atomic E-state index is -0.203. The monoisotopic (exact) mass is 344 g/mol. The van der Waals surface area contributed by atoms with Gasteiger partial charge in [-0.3, -0.25) is 0 Å². The highest BCUT2D eigenvalue weighted by atomic mass is 16.6. The predicted octanol–water partition coefficient (Wildman–Crippen LogP) is 2.88. The van der Waals surface area contributed by atoms with Crippen molar-refractivity contribution in [3.8, 4) is 0 Å². The summed E-state index contributed by atoms with van der Waals surface area (Å²) in [6.07, 6.45) is 2.55. The van der Waals surface area contributed by atoms with Crippen molar-refractivity contribution in [2.24, 2.45) is 0 Å². The standard InChI is InChI=1S/C19H24N2O4/c1-13-15-4-2-3-5-16(15)25-17(13)11-20-18(22)21-14-6-8-24-19(10-14)7-9-23-12-19/h2-5,14H,6-12H2,1H3,(H2,20,21,22)/t14-,19+/m0/s1. The maximum absolute atomic E-state index is 12.3. The number of rotatable bonds is 3. The number of para-hydroxylation sites is 1. The third-order valence-corrected chi connectivity index (χ3v) is 5.25. The highest BCUT2D eigenvalue weighted by Gasteiger charge is 2.41. The molecule has 2 amide bonds. The van der Waals surface area contributed by atoms with Crippen molar-refractivity contribution >= 4 is 17.0 Å². The zero-order valence-electron chi connectivity index (χ0n) is 14.5. The lowest BCUT2D eigenvalue weighted by Crippen LogP contribution is -2.51. The lowest BCUT2D eigenvalue weighted by molar-refractivity contribution is -0.0878. The molecule has 2 fully saturated rings. The minimum absolute atomic E-state index is 0.118. The van der Waals surface area contributed by atoms with E-state index >= 15 is 0 Å². The van der Waals surface area contributed by atoms with E-state index in [1.54, 1.807) is 0 Å². The number of carbonyl (C=O) groups excluding carboxylic acids is 1. The molecular weight excluding hydrogens is 320 g/mol. The molecule has 1 aromatic carbocycles. The maximum Gasteiger partial charge on any atom is 0.315 e. The fraction of sp³-hybridized carbons (Fsp3) is 0.526. The number of hydrogen-bond acceptors (Lipinski definition) is 4. The highest BCUT2D eigenvalue weighted by molar-refractivity contribution is 5.82. The maximum atomic E-state index is 12.3. The van der Waals surface area contributed by atoms with E-state index in [-0.39, 0.29) is 17.7 Å². The Morgan fingerprint density at radius 3 is 3.00 bits per heavy atom. The van der Waals surface area contributed by atoms with E-state index in [9.17, 15) is 4.79 Å². The topological polar surface area (TPSA) is 72.7 Å². The van der Waals surface area contributed by atoms with Gasteiger partial charge in [0.05, 0.1) is 18.8 Å². The normalized spacial score (nSPS) is 26.2. The van der Waals surface area contributed by atoms with Crippen molar-refractivity contribution in [2.45, 2.75) is 44.4 Å². The molecule has 0 aliphatic carbocycles. The van der Waals surface area contributed by atoms with Gasteiger partial charge in [0.2, 0.25) is 0 Å². The van der Waals surface area contributed by atoms with Crippen LogP contribution in [0.15, 0.2) is 28.7 Å². The second-order valence-corrected chi connectivity index (χ2v) is 7.00. The molecule has 1 aromatic heterocycles. The van der Waals surface area contributed by atoms with Crippen LogP contribution in [-0.2, 0) is 16.0 Å². The van der Waals surface area contributed by atoms with E-state index in [0.717, 1.165) is 48.2 Å². The summed E-state index contributed by atoms with van der Waals surface area (Å²) in [6.45, 7) is 4.43. The molecule has 25 heavy (non-hydrogen) atoms. The smallest absolute Gasteiger partial charge is 0.315 e. The van der Waals surface area contributed by atoms with Crippen molar-refractivity contribution in [1.82, 2.24) is 10.6 Å². The molecule has 0 bridgehead atoms. The van der Waals surface area contributed by atoms with Gasteiger partial charge in [-0.2, -0.15) is 0 Å². The molecule has 2 aromatic rings. The van der Waals surface area contributed by atoms with Crippen molar-refractivity contribution in [3.63, 3.8) is 0 Å². The van der Waals surface area contributed by atoms with Crippen LogP contribution in [0, 0.1) is 6.92 Å². The molecule has 0 saturated carbocycles. The predicted molar refractivity (Wildman–Crippen MR) is 93.5 cm³/mol. The summed E-state index contributed by atoms with van der Waals surface area (Å²) in [5.41, 5.74) is 1.72. The summed E-state index contributed by atoms with van der Waals surface area (Å²) < 4.78 is 17.2. The number of aryl methyl sites for hydroxylation is 1. The van der Waals surface area contributed by atoms with Gasteiger partial charge in [0.1, 0.15) is 11.3 Å². The van der Waals surface area contributed by atoms with Crippen LogP contribution in [0.3, 0.4) is 0 Å². The molecule has 4 rings (SSSR count). The van der Waals surface area contributed by atoms with Crippen LogP contribution in [0.25, 0.3) is 11.0 Å². The Labute approximate surface area is 146 Å². The summed E-state index contributed by atoms with van der Waals surface area (Å²) in [4.78, 5) is 12.3. The van der Waals surface area contributed by atoms with Crippen LogP contribution >= 0.6 is 0 Å². The SMILES string of the molecule is Cc1c(CNC(=O)N[C@H]2CCO[C@]3(CCOC3)C2)oc2ccccc12. The third-order valence-electron chi connectivity index (χ3n) is 5.25. The van der Waals surface area contributed by atoms with Gasteiger partial charge >= 0.3 is 6.03 Å². The molecule has 6 heteroatoms. The van der Waals surface area contributed by atoms with Gasteiger partial charge < -0.3 is 24.5 Å². The molecule has 2 aliphatic rings. The first-order chi connectivity index (χ1) is 12.2. The zero-order chi connectivity index (χ0) is 17.3. The quantitative estimate of drug-likeness (QED) is 0.898. The lowest BCUT2D eigenvalue weighted by Gasteiger charge is -2.37. The fourth-order valence-corrected chi connectivity index (χ4v) is 3.80. The van der Waals surface area contributed by atoms with E-state index in [0.29, 0.717) is 19.8 Å². The van der Waals surface area contributed by atoms with Crippen LogP contribution in [0.1, 0.15) is 30.6 Å². The largest absolute Gasteiger partial charge is 0.459 e. The average Bonchev–Trinajstić information content (AvgIpc) is 3.18. The molecule has 134 valence electrons. The van der Waals surface area contributed by atoms with Crippen molar-refractivity contribution in [2.75, 3.05) is 19.8 Å². The van der Waals surface area contributed by atoms with Crippen LogP contribution < -0.4 is 10.6 Å². The number of furan rings is 1. The number of ether oxygens (including phenoxy) is 2. The number of benzene rings is 1. The molecule has 0 unspecified atom stereocenters. The van der Waals surface area contributed by atoms with Crippen molar-refractivity contribution in [1.29, 1.82) is 0 Å². The van der Waals surface area contributed by atoms with E-state index in [2.05, 4.69) is 10.6 Å². The van der Waals surface area contributed by atoms with Gasteiger partial charge in [-0.15, -0.1) is 0 Å². The number of fused-ring (bicyclic) bond motifs is 1. The van der Waals surface area contributed by atoms with E-state index in [1.807, 2.05) is 31.2 Å². The third kappa shape index (κ3) is 3.37. The van der Waals surface area contributed by atoms with E-state index < -0.39 is 0 Å². The van der Waals surface area contributed by atoms with Gasteiger partial charge in [-0.25, -0.2) is 4.79 Å². The highest BCUT2D eigenvalue weighted by Crippen LogP contribution is 2.32. The first-order valence-electron chi connectivity index (χ1n) is 8.88. The first-order valence-corrected chi connectivity index (χ1v) is 8.88. The van der Waals surface area contributed by atoms with Crippen LogP contribution in [0.4, 0.5) is 4.79 Å². The molecular formula is C19H24N2O4. The Kier molecular flexibility index (Phi) is 4.39. The van der Waals surface area contributed by atoms with Crippen molar-refractivity contribution < 1.29 is 18.7 Å². The number of urea groups is 1. The second kappa shape index (κ2) is 6.69. The summed E-state index contributed by atoms with van der Waals surface area (Å²) >= 11 is 0. The minimum Gasteiger partial charge on any atom is -0.459 e. The van der Waals surface area contributed by atoms with Gasteiger partial charge in [-0.1, -0.05) is 18.2 Å². The van der Waals surface area contributed by atoms with E-state index in [1.165, 1.54) is 0 Å². The molecule has 2 N–H and O–H groups in total. The van der Waals surface area contributed by atoms with Crippen LogP contribution in [-0.4, -0.2) is 37.5 Å². The Bertz CT molecular complexity index is 764. The number of hydrogen-bond donors (Lipinski definition) is 2. The summed E-state index contributed by atoms with van der Waals surface area (Å²) in [7, 11) is 0. The first kappa shape index (κ1) is 16.4. The Hall–Kier alpha value is -2.05. The number of carbonyl (C=O) groups is 1. The fourth-order valence-electron chi connectivity index (χ4n) is 3.80. The zero-order valence-corrected chi connectivity index (χ0v) is 14.5. The molecule has 0 radical (unpaired) electrons. The van der Waals surface area contributed by atoms with Gasteiger partial charge in [0.15, 0.2) is 0 Å². The molecule has 2 saturated heterocycles. The van der Waals surface area contributed by atoms with E-state index in [4.69, 9.17) is 13.9 Å². The molecule has 2 atom stereocenters. The summed E-state index contributed by atoms with van der Waals surface area (Å²) in [6, 6.07) is 7.86. The van der Waals surface area contributed by atoms with Gasteiger partial charge in [0, 0.05) is 36.6 Å². The molecule has 3 heterocycles. The number of nitrogens with one attached hydrogen (secondary N) is 2. The van der Waals surface area contributed by atoms with Crippen LogP contribution in [0.2, 0.25) is 0 Å². The van der Waals surface area contributed by atoms with Gasteiger partial charge in [0.25, 0.3) is 0 Å². The Morgan fingerprint density at radius 2 is 2.20 bits per heavy atom. The summed E-state index contributed by atoms with van der Waals surface area (Å²) in [5.74, 6) is 0.795. The van der Waals surface area contributed by atoms with Gasteiger partial charge in [-0.05, 0) is 25.8 Å². The summed E-state index contributed by atoms with van der Waals surface area (Å²) in [5, 5.41) is 7.07. The molecule has 6 nitrogen and oxygen atoms in total. The molecule has 1 spiro atoms. The Morgan fingerprint density at radius 1 is 1.32 bits per heavy atom. The average molecular weight is 344 g/mol. The van der Waals surface area contributed by atoms with Crippen molar-refractivity contribution in [3.05, 3.63) is 35.6 Å². The second-order valence-electron chi connectivity index (χ2n) is 7.00. The van der Waals surface area contributed by atoms with Crippen LogP contribution in [0.5, 0.6) is 0 Å².